The lowest BCUT2D eigenvalue weighted by atomic mass is 10.1. The highest BCUT2D eigenvalue weighted by atomic mass is 79.9. The highest BCUT2D eigenvalue weighted by Gasteiger charge is 2.26. The van der Waals surface area contributed by atoms with E-state index >= 15 is 0 Å². The van der Waals surface area contributed by atoms with Gasteiger partial charge >= 0.3 is 0 Å². The van der Waals surface area contributed by atoms with Crippen LogP contribution in [0.4, 0.5) is 4.39 Å². The molecule has 1 aliphatic carbocycles. The molecular weight excluding hydrogens is 235 g/mol. The molecule has 0 aliphatic heterocycles. The zero-order chi connectivity index (χ0) is 9.26. The maximum Gasteiger partial charge on any atom is 0.143 e. The third kappa shape index (κ3) is 2.02. The highest BCUT2D eigenvalue weighted by Crippen LogP contribution is 2.44. The van der Waals surface area contributed by atoms with E-state index < -0.39 is 0 Å². The smallest absolute Gasteiger partial charge is 0.143 e. The predicted octanol–water partition coefficient (Wildman–Crippen LogP) is 3.43. The van der Waals surface area contributed by atoms with E-state index in [0.29, 0.717) is 17.2 Å². The van der Waals surface area contributed by atoms with Gasteiger partial charge < -0.3 is 4.74 Å². The number of hydrogen-bond donors (Lipinski definition) is 0. The van der Waals surface area contributed by atoms with Crippen LogP contribution in [0.2, 0.25) is 0 Å². The molecule has 0 amide bonds. The second-order valence-electron chi connectivity index (χ2n) is 3.21. The van der Waals surface area contributed by atoms with Gasteiger partial charge in [0.05, 0.1) is 0 Å². The molecule has 0 unspecified atom stereocenters. The quantitative estimate of drug-likeness (QED) is 0.741. The molecule has 13 heavy (non-hydrogen) atoms. The van der Waals surface area contributed by atoms with E-state index in [1.807, 2.05) is 6.07 Å². The monoisotopic (exact) mass is 244 g/mol. The molecule has 1 nitrogen and oxygen atoms in total. The van der Waals surface area contributed by atoms with Crippen molar-refractivity contribution in [1.82, 2.24) is 0 Å². The van der Waals surface area contributed by atoms with Crippen molar-refractivity contribution < 1.29 is 9.13 Å². The summed E-state index contributed by atoms with van der Waals surface area (Å²) in [6.45, 7) is 0. The van der Waals surface area contributed by atoms with Crippen molar-refractivity contribution in [3.05, 3.63) is 29.6 Å². The van der Waals surface area contributed by atoms with Gasteiger partial charge in [-0.2, -0.15) is 0 Å². The molecule has 1 saturated carbocycles. The molecule has 0 aromatic heterocycles. The molecule has 0 bridgehead atoms. The minimum Gasteiger partial charge on any atom is -0.482 e. The third-order valence-corrected chi connectivity index (χ3v) is 2.43. The fourth-order valence-electron chi connectivity index (χ4n) is 1.42. The van der Waals surface area contributed by atoms with Crippen molar-refractivity contribution in [3.63, 3.8) is 0 Å². The fraction of sp³-hybridized carbons (Fsp3) is 0.400. The zero-order valence-corrected chi connectivity index (χ0v) is 8.68. The standard InChI is InChI=1S/C10H10BrFO/c11-6-13-10-5-8(12)3-4-9(10)7-1-2-7/h3-5,7H,1-2,6H2. The molecule has 0 saturated heterocycles. The van der Waals surface area contributed by atoms with Gasteiger partial charge in [0, 0.05) is 6.07 Å². The number of ether oxygens (including phenoxy) is 1. The summed E-state index contributed by atoms with van der Waals surface area (Å²) in [5.74, 6) is 1.04. The summed E-state index contributed by atoms with van der Waals surface area (Å²) in [6.07, 6.45) is 2.40. The third-order valence-electron chi connectivity index (χ3n) is 2.20. The van der Waals surface area contributed by atoms with Crippen molar-refractivity contribution in [1.29, 1.82) is 0 Å². The second kappa shape index (κ2) is 3.66. The molecule has 1 fully saturated rings. The average Bonchev–Trinajstić information content (AvgIpc) is 2.88. The minimum absolute atomic E-state index is 0.236. The van der Waals surface area contributed by atoms with Crippen LogP contribution in [0.25, 0.3) is 0 Å². The molecule has 1 aromatic rings. The molecule has 0 radical (unpaired) electrons. The summed E-state index contributed by atoms with van der Waals surface area (Å²) >= 11 is 3.17. The van der Waals surface area contributed by atoms with Crippen LogP contribution in [0.1, 0.15) is 24.3 Å². The second-order valence-corrected chi connectivity index (χ2v) is 3.67. The average molecular weight is 245 g/mol. The van der Waals surface area contributed by atoms with Crippen molar-refractivity contribution >= 4 is 15.9 Å². The van der Waals surface area contributed by atoms with Gasteiger partial charge in [0.1, 0.15) is 17.1 Å². The van der Waals surface area contributed by atoms with Gasteiger partial charge in [0.15, 0.2) is 0 Å². The summed E-state index contributed by atoms with van der Waals surface area (Å²) in [4.78, 5) is 0. The summed E-state index contributed by atoms with van der Waals surface area (Å²) in [5.41, 5.74) is 1.55. The minimum atomic E-state index is -0.236. The Bertz CT molecular complexity index is 310. The number of benzene rings is 1. The molecule has 0 atom stereocenters. The van der Waals surface area contributed by atoms with Gasteiger partial charge in [-0.1, -0.05) is 6.07 Å². The van der Waals surface area contributed by atoms with E-state index in [0.717, 1.165) is 5.56 Å². The molecule has 2 rings (SSSR count). The van der Waals surface area contributed by atoms with Crippen LogP contribution >= 0.6 is 15.9 Å². The molecular formula is C10H10BrFO. The fourth-order valence-corrected chi connectivity index (χ4v) is 1.67. The number of halogens is 2. The summed E-state index contributed by atoms with van der Waals surface area (Å²) in [6, 6.07) is 4.77. The van der Waals surface area contributed by atoms with Crippen molar-refractivity contribution in [2.75, 3.05) is 5.52 Å². The molecule has 70 valence electrons. The van der Waals surface area contributed by atoms with Crippen LogP contribution in [-0.4, -0.2) is 5.52 Å². The topological polar surface area (TPSA) is 9.23 Å². The first-order chi connectivity index (χ1) is 6.31. The van der Waals surface area contributed by atoms with Gasteiger partial charge in [0.25, 0.3) is 0 Å². The Morgan fingerprint density at radius 1 is 1.46 bits per heavy atom. The van der Waals surface area contributed by atoms with E-state index in [-0.39, 0.29) is 5.82 Å². The van der Waals surface area contributed by atoms with Gasteiger partial charge in [0.2, 0.25) is 0 Å². The maximum absolute atomic E-state index is 12.9. The Kier molecular flexibility index (Phi) is 2.54. The largest absolute Gasteiger partial charge is 0.482 e. The van der Waals surface area contributed by atoms with Crippen LogP contribution in [0.3, 0.4) is 0 Å². The lowest BCUT2D eigenvalue weighted by molar-refractivity contribution is 0.390. The first kappa shape index (κ1) is 9.00. The van der Waals surface area contributed by atoms with Gasteiger partial charge in [-0.05, 0) is 46.3 Å². The summed E-state index contributed by atoms with van der Waals surface area (Å²) in [5, 5.41) is 0. The molecule has 0 heterocycles. The molecule has 0 N–H and O–H groups in total. The Morgan fingerprint density at radius 2 is 2.23 bits per heavy atom. The summed E-state index contributed by atoms with van der Waals surface area (Å²) in [7, 11) is 0. The van der Waals surface area contributed by atoms with Crippen molar-refractivity contribution in [2.24, 2.45) is 0 Å². The van der Waals surface area contributed by atoms with E-state index in [9.17, 15) is 4.39 Å². The van der Waals surface area contributed by atoms with Crippen molar-refractivity contribution in [2.45, 2.75) is 18.8 Å². The van der Waals surface area contributed by atoms with Crippen LogP contribution in [0.5, 0.6) is 5.75 Å². The number of rotatable bonds is 3. The predicted molar refractivity (Wildman–Crippen MR) is 52.8 cm³/mol. The maximum atomic E-state index is 12.9. The summed E-state index contributed by atoms with van der Waals surface area (Å²) < 4.78 is 18.2. The van der Waals surface area contributed by atoms with E-state index in [1.54, 1.807) is 0 Å². The first-order valence-electron chi connectivity index (χ1n) is 4.29. The van der Waals surface area contributed by atoms with Crippen LogP contribution in [0.15, 0.2) is 18.2 Å². The number of hydrogen-bond acceptors (Lipinski definition) is 1. The molecule has 1 aliphatic rings. The Morgan fingerprint density at radius 3 is 2.85 bits per heavy atom. The lowest BCUT2D eigenvalue weighted by Crippen LogP contribution is -1.94. The van der Waals surface area contributed by atoms with Gasteiger partial charge in [-0.25, -0.2) is 4.39 Å². The van der Waals surface area contributed by atoms with Crippen LogP contribution < -0.4 is 4.74 Å². The molecule has 3 heteroatoms. The van der Waals surface area contributed by atoms with E-state index in [1.165, 1.54) is 25.0 Å². The SMILES string of the molecule is Fc1ccc(C2CC2)c(OCBr)c1. The number of alkyl halides is 1. The van der Waals surface area contributed by atoms with Crippen molar-refractivity contribution in [3.8, 4) is 5.75 Å². The highest BCUT2D eigenvalue weighted by molar-refractivity contribution is 9.09. The Labute approximate surface area is 85.0 Å². The molecule has 1 aromatic carbocycles. The lowest BCUT2D eigenvalue weighted by Gasteiger charge is -2.08. The first-order valence-corrected chi connectivity index (χ1v) is 5.41. The van der Waals surface area contributed by atoms with Crippen LogP contribution in [-0.2, 0) is 0 Å². The van der Waals surface area contributed by atoms with Crippen LogP contribution in [0, 0.1) is 5.82 Å². The van der Waals surface area contributed by atoms with Gasteiger partial charge in [-0.15, -0.1) is 0 Å². The normalized spacial score (nSPS) is 15.8. The van der Waals surface area contributed by atoms with Gasteiger partial charge in [-0.3, -0.25) is 0 Å². The Balaban J connectivity index is 2.30. The van der Waals surface area contributed by atoms with E-state index in [4.69, 9.17) is 4.74 Å². The van der Waals surface area contributed by atoms with E-state index in [2.05, 4.69) is 15.9 Å². The Hall–Kier alpha value is -0.570. The molecule has 0 spiro atoms. The zero-order valence-electron chi connectivity index (χ0n) is 7.09.